The Labute approximate surface area is 191 Å². The molecule has 6 nitrogen and oxygen atoms in total. The lowest BCUT2D eigenvalue weighted by Gasteiger charge is -2.13. The summed E-state index contributed by atoms with van der Waals surface area (Å²) in [6.07, 6.45) is -2.15. The van der Waals surface area contributed by atoms with E-state index in [4.69, 9.17) is 29.5 Å². The minimum absolute atomic E-state index is 0.0599. The molecule has 1 atom stereocenters. The van der Waals surface area contributed by atoms with Crippen molar-refractivity contribution in [2.75, 3.05) is 6.50 Å². The molecule has 0 fully saturated rings. The molecule has 2 aromatic carbocycles. The molecule has 3 aromatic rings. The van der Waals surface area contributed by atoms with Gasteiger partial charge in [-0.2, -0.15) is 4.98 Å². The lowest BCUT2D eigenvalue weighted by molar-refractivity contribution is 0.244. The molecule has 0 amide bonds. The molecular formula is C24H26N4O2. The minimum atomic E-state index is -2.46. The van der Waals surface area contributed by atoms with Crippen molar-refractivity contribution >= 4 is 5.69 Å². The van der Waals surface area contributed by atoms with Crippen molar-refractivity contribution in [2.45, 2.75) is 52.1 Å². The Kier molecular flexibility index (Phi) is 3.27. The zero-order valence-corrected chi connectivity index (χ0v) is 16.7. The second-order valence-electron chi connectivity index (χ2n) is 6.88. The van der Waals surface area contributed by atoms with Crippen molar-refractivity contribution in [2.24, 2.45) is 0 Å². The fourth-order valence-corrected chi connectivity index (χ4v) is 3.25. The fraction of sp³-hybridized carbons (Fsp3) is 0.375. The predicted molar refractivity (Wildman–Crippen MR) is 117 cm³/mol. The van der Waals surface area contributed by atoms with Gasteiger partial charge < -0.3 is 14.6 Å². The summed E-state index contributed by atoms with van der Waals surface area (Å²) in [6.45, 7) is 9.51. The molecule has 1 heterocycles. The van der Waals surface area contributed by atoms with Gasteiger partial charge in [-0.1, -0.05) is 30.2 Å². The summed E-state index contributed by atoms with van der Waals surface area (Å²) in [6, 6.07) is -3.29. The van der Waals surface area contributed by atoms with E-state index in [1.807, 2.05) is 0 Å². The molecule has 0 aliphatic heterocycles. The van der Waals surface area contributed by atoms with Crippen LogP contribution in [0.1, 0.15) is 64.4 Å². The highest BCUT2D eigenvalue weighted by Crippen LogP contribution is 2.38. The van der Waals surface area contributed by atoms with Crippen LogP contribution in [-0.2, 0) is 6.42 Å². The van der Waals surface area contributed by atoms with Crippen LogP contribution < -0.4 is 10.1 Å². The number of ether oxygens (including phenoxy) is 1. The smallest absolute Gasteiger partial charge is 0.256 e. The van der Waals surface area contributed by atoms with Crippen LogP contribution in [-0.4, -0.2) is 22.7 Å². The van der Waals surface area contributed by atoms with Crippen LogP contribution in [0.25, 0.3) is 27.7 Å². The molecule has 1 aliphatic rings. The van der Waals surface area contributed by atoms with Crippen molar-refractivity contribution in [1.29, 1.82) is 0 Å². The van der Waals surface area contributed by atoms with Gasteiger partial charge in [0, 0.05) is 24.0 Å². The van der Waals surface area contributed by atoms with Crippen molar-refractivity contribution in [3.63, 3.8) is 0 Å². The lowest BCUT2D eigenvalue weighted by Crippen LogP contribution is -2.19. The van der Waals surface area contributed by atoms with Gasteiger partial charge in [-0.15, -0.1) is 0 Å². The van der Waals surface area contributed by atoms with Crippen LogP contribution in [0.3, 0.4) is 0 Å². The first kappa shape index (κ1) is 11.3. The van der Waals surface area contributed by atoms with Crippen LogP contribution >= 0.6 is 0 Å². The Morgan fingerprint density at radius 2 is 2.27 bits per heavy atom. The second-order valence-corrected chi connectivity index (χ2v) is 6.88. The molecule has 4 rings (SSSR count). The maximum Gasteiger partial charge on any atom is 0.256 e. The summed E-state index contributed by atoms with van der Waals surface area (Å²) in [5.41, 5.74) is 0.137. The largest absolute Gasteiger partial charge is 0.502 e. The average Bonchev–Trinajstić information content (AvgIpc) is 3.48. The van der Waals surface area contributed by atoms with E-state index in [0.717, 1.165) is 6.92 Å². The molecule has 0 radical (unpaired) electrons. The Hall–Kier alpha value is -3.17. The van der Waals surface area contributed by atoms with E-state index in [1.54, 1.807) is 13.8 Å². The van der Waals surface area contributed by atoms with Gasteiger partial charge in [-0.05, 0) is 68.8 Å². The van der Waals surface area contributed by atoms with Crippen molar-refractivity contribution in [3.8, 4) is 28.6 Å². The van der Waals surface area contributed by atoms with Crippen molar-refractivity contribution < 1.29 is 23.0 Å². The van der Waals surface area contributed by atoms with Crippen LogP contribution in [0.2, 0.25) is 0 Å². The first-order valence-corrected chi connectivity index (χ1v) is 9.44. The first-order valence-electron chi connectivity index (χ1n) is 14.4. The normalized spacial score (nSPS) is 21.0. The first-order chi connectivity index (χ1) is 18.5. The van der Waals surface area contributed by atoms with Gasteiger partial charge in [0.1, 0.15) is 5.75 Å². The molecule has 0 saturated carbocycles. The van der Waals surface area contributed by atoms with Gasteiger partial charge >= 0.3 is 0 Å². The molecule has 1 aromatic heterocycles. The highest BCUT2D eigenvalue weighted by atomic mass is 16.5. The minimum Gasteiger partial charge on any atom is -0.502 e. The van der Waals surface area contributed by atoms with Crippen molar-refractivity contribution in [3.05, 3.63) is 58.8 Å². The maximum atomic E-state index is 8.53. The summed E-state index contributed by atoms with van der Waals surface area (Å²) in [7, 11) is 0. The molecule has 0 bridgehead atoms. The lowest BCUT2D eigenvalue weighted by atomic mass is 10.0. The van der Waals surface area contributed by atoms with E-state index < -0.39 is 49.2 Å². The number of aromatic nitrogens is 2. The zero-order chi connectivity index (χ0) is 29.9. The molecule has 1 aliphatic carbocycles. The molecule has 154 valence electrons. The Morgan fingerprint density at radius 1 is 1.40 bits per heavy atom. The molecule has 0 spiro atoms. The van der Waals surface area contributed by atoms with Gasteiger partial charge in [-0.3, -0.25) is 0 Å². The number of benzene rings is 2. The topological polar surface area (TPSA) is 64.5 Å². The SMILES string of the molecule is [2H]c1c([2H])c(-c2noc(-c3c([2H])c([2H])c(OC(C)C)c([N+]#[C-])c3[2H])n2)c2c(c1[2H])[C@@H](NC([2H])([2H])C([2H])([2H])C)CC2. The van der Waals surface area contributed by atoms with E-state index in [2.05, 4.69) is 20.3 Å². The highest BCUT2D eigenvalue weighted by molar-refractivity contribution is 5.70. The number of nitrogens with one attached hydrogen (secondary N) is 1. The van der Waals surface area contributed by atoms with E-state index in [-0.39, 0.29) is 64.8 Å². The number of hydrogen-bond donors (Lipinski definition) is 1. The quantitative estimate of drug-likeness (QED) is 0.502. The Morgan fingerprint density at radius 3 is 3.03 bits per heavy atom. The molecule has 6 heteroatoms. The molecule has 0 saturated heterocycles. The van der Waals surface area contributed by atoms with E-state index >= 15 is 0 Å². The van der Waals surface area contributed by atoms with Crippen molar-refractivity contribution in [1.82, 2.24) is 15.5 Å². The van der Waals surface area contributed by atoms with E-state index in [0.29, 0.717) is 5.56 Å². The van der Waals surface area contributed by atoms with E-state index in [9.17, 15) is 0 Å². The van der Waals surface area contributed by atoms with Crippen LogP contribution in [0.15, 0.2) is 40.8 Å². The molecule has 1 N–H and O–H groups in total. The molecular weight excluding hydrogens is 376 g/mol. The summed E-state index contributed by atoms with van der Waals surface area (Å²) >= 11 is 0. The average molecular weight is 413 g/mol. The highest BCUT2D eigenvalue weighted by Gasteiger charge is 2.26. The van der Waals surface area contributed by atoms with Gasteiger partial charge in [0.25, 0.3) is 5.89 Å². The van der Waals surface area contributed by atoms with Crippen LogP contribution in [0.5, 0.6) is 5.75 Å². The number of fused-ring (bicyclic) bond motifs is 1. The Balaban J connectivity index is 1.86. The zero-order valence-electron chi connectivity index (χ0n) is 26.7. The monoisotopic (exact) mass is 412 g/mol. The number of hydrogen-bond acceptors (Lipinski definition) is 5. The fourth-order valence-electron chi connectivity index (χ4n) is 3.25. The standard InChI is InChI=1S/C24H26N4O2/c1-5-13-26-20-11-10-17-18(20)7-6-8-19(17)23-27-24(30-28-23)16-9-12-22(29-15(2)3)21(14-16)25-4/h6-9,12,14-15,20,26H,5,10-11,13H2,1-3H3/t20-/m0/s1/i5D2,6D,7D,8D,9D,12D,13D2,14D. The van der Waals surface area contributed by atoms with Crippen LogP contribution in [0, 0.1) is 6.57 Å². The van der Waals surface area contributed by atoms with Gasteiger partial charge in [0.05, 0.1) is 19.5 Å². The molecule has 30 heavy (non-hydrogen) atoms. The second kappa shape index (κ2) is 8.68. The third-order valence-corrected chi connectivity index (χ3v) is 4.50. The van der Waals surface area contributed by atoms with Crippen LogP contribution in [0.4, 0.5) is 5.69 Å². The summed E-state index contributed by atoms with van der Waals surface area (Å²) in [5, 5.41) is 6.53. The predicted octanol–water partition coefficient (Wildman–Crippen LogP) is 5.73. The summed E-state index contributed by atoms with van der Waals surface area (Å²) in [5.74, 6) is -0.719. The number of nitrogens with zero attached hydrogens (tertiary/aromatic N) is 3. The van der Waals surface area contributed by atoms with E-state index in [1.165, 1.54) is 0 Å². The molecule has 0 unspecified atom stereocenters. The maximum absolute atomic E-state index is 8.53. The Bertz CT molecular complexity index is 1540. The summed E-state index contributed by atoms with van der Waals surface area (Å²) in [4.78, 5) is 7.58. The summed E-state index contributed by atoms with van der Waals surface area (Å²) < 4.78 is 93.4. The third kappa shape index (κ3) is 3.94. The number of rotatable bonds is 7. The van der Waals surface area contributed by atoms with Gasteiger partial charge in [0.15, 0.2) is 0 Å². The van der Waals surface area contributed by atoms with Gasteiger partial charge in [-0.25, -0.2) is 4.85 Å². The third-order valence-electron chi connectivity index (χ3n) is 4.50. The van der Waals surface area contributed by atoms with Gasteiger partial charge in [0.2, 0.25) is 11.5 Å².